The molecule has 1 amide bonds. The zero-order chi connectivity index (χ0) is 16.3. The molecule has 0 aliphatic carbocycles. The van der Waals surface area contributed by atoms with Crippen LogP contribution in [0, 0.1) is 41.9 Å². The Kier molecular flexibility index (Phi) is 8.81. The quantitative estimate of drug-likeness (QED) is 0.252. The predicted octanol–water partition coefficient (Wildman–Crippen LogP) is -0.553. The number of nitrogens with one attached hydrogen (secondary N) is 1. The number of carbonyl (C=O) groups excluding carboxylic acids is 2. The Bertz CT molecular complexity index is 592. The van der Waals surface area contributed by atoms with Gasteiger partial charge in [0.05, 0.1) is 6.61 Å². The van der Waals surface area contributed by atoms with Crippen LogP contribution in [0.15, 0.2) is 0 Å². The average molecular weight is 311 g/mol. The molecular formula is C13H14NO6P. The third-order valence-corrected chi connectivity index (χ3v) is 2.53. The number of phosphoric acid groups is 1. The summed E-state index contributed by atoms with van der Waals surface area (Å²) in [6.07, 6.45) is 5.00. The van der Waals surface area contributed by atoms with Crippen molar-refractivity contribution in [3.05, 3.63) is 0 Å². The van der Waals surface area contributed by atoms with E-state index in [1.807, 2.05) is 5.92 Å². The number of terminal acetylenes is 1. The van der Waals surface area contributed by atoms with E-state index >= 15 is 0 Å². The monoisotopic (exact) mass is 311 g/mol. The molecule has 0 aliphatic rings. The van der Waals surface area contributed by atoms with E-state index in [0.717, 1.165) is 0 Å². The van der Waals surface area contributed by atoms with Gasteiger partial charge in [-0.2, -0.15) is 0 Å². The second-order valence-electron chi connectivity index (χ2n) is 3.53. The van der Waals surface area contributed by atoms with Crippen molar-refractivity contribution in [2.75, 3.05) is 13.2 Å². The summed E-state index contributed by atoms with van der Waals surface area (Å²) in [5.74, 6) is 8.92. The lowest BCUT2D eigenvalue weighted by Crippen LogP contribution is -2.36. The first-order valence-electron chi connectivity index (χ1n) is 5.78. The summed E-state index contributed by atoms with van der Waals surface area (Å²) >= 11 is 0. The van der Waals surface area contributed by atoms with Crippen molar-refractivity contribution >= 4 is 19.5 Å². The van der Waals surface area contributed by atoms with E-state index in [4.69, 9.17) is 16.2 Å². The number of ketones is 1. The van der Waals surface area contributed by atoms with E-state index in [1.54, 1.807) is 6.92 Å². The molecular weight excluding hydrogens is 297 g/mol. The van der Waals surface area contributed by atoms with Gasteiger partial charge in [0.15, 0.2) is 11.7 Å². The molecule has 0 heterocycles. The van der Waals surface area contributed by atoms with Crippen molar-refractivity contribution in [2.45, 2.75) is 13.3 Å². The Morgan fingerprint density at radius 1 is 1.33 bits per heavy atom. The van der Waals surface area contributed by atoms with E-state index in [-0.39, 0.29) is 13.0 Å². The predicted molar refractivity (Wildman–Crippen MR) is 74.2 cm³/mol. The minimum Gasteiger partial charge on any atom is -0.352 e. The van der Waals surface area contributed by atoms with Gasteiger partial charge in [0, 0.05) is 13.0 Å². The molecule has 0 aromatic rings. The van der Waals surface area contributed by atoms with Crippen molar-refractivity contribution < 1.29 is 28.5 Å². The number of hydrogen-bond donors (Lipinski definition) is 3. The highest BCUT2D eigenvalue weighted by molar-refractivity contribution is 7.46. The lowest BCUT2D eigenvalue weighted by Gasteiger charge is -2.10. The molecule has 0 rings (SSSR count). The fraction of sp³-hybridized carbons (Fsp3) is 0.385. The zero-order valence-corrected chi connectivity index (χ0v) is 12.1. The second-order valence-corrected chi connectivity index (χ2v) is 4.77. The molecule has 0 radical (unpaired) electrons. The highest BCUT2D eigenvalue weighted by Gasteiger charge is 2.23. The van der Waals surface area contributed by atoms with Crippen molar-refractivity contribution in [3.8, 4) is 36.0 Å². The van der Waals surface area contributed by atoms with Crippen LogP contribution >= 0.6 is 7.82 Å². The summed E-state index contributed by atoms with van der Waals surface area (Å²) in [6.45, 7) is 1.01. The molecule has 0 aromatic heterocycles. The van der Waals surface area contributed by atoms with Crippen molar-refractivity contribution in [3.63, 3.8) is 0 Å². The highest BCUT2D eigenvalue weighted by Crippen LogP contribution is 2.35. The van der Waals surface area contributed by atoms with E-state index in [0.29, 0.717) is 0 Å². The smallest absolute Gasteiger partial charge is 0.352 e. The van der Waals surface area contributed by atoms with Gasteiger partial charge in [-0.25, -0.2) is 4.57 Å². The number of amides is 1. The molecule has 1 unspecified atom stereocenters. The average Bonchev–Trinajstić information content (AvgIpc) is 2.41. The maximum atomic E-state index is 11.8. The van der Waals surface area contributed by atoms with Crippen LogP contribution in [0.4, 0.5) is 0 Å². The molecule has 0 bridgehead atoms. The van der Waals surface area contributed by atoms with Gasteiger partial charge in [0.1, 0.15) is 0 Å². The van der Waals surface area contributed by atoms with Gasteiger partial charge in [-0.1, -0.05) is 12.8 Å². The van der Waals surface area contributed by atoms with E-state index in [9.17, 15) is 14.2 Å². The summed E-state index contributed by atoms with van der Waals surface area (Å²) < 4.78 is 14.6. The lowest BCUT2D eigenvalue weighted by atomic mass is 10.0. The Morgan fingerprint density at radius 2 is 2.00 bits per heavy atom. The summed E-state index contributed by atoms with van der Waals surface area (Å²) in [4.78, 5) is 40.3. The van der Waals surface area contributed by atoms with Gasteiger partial charge in [0.25, 0.3) is 0 Å². The zero-order valence-electron chi connectivity index (χ0n) is 11.3. The summed E-state index contributed by atoms with van der Waals surface area (Å²) in [6, 6.07) is 0. The molecule has 0 saturated heterocycles. The van der Waals surface area contributed by atoms with Crippen LogP contribution in [0.3, 0.4) is 0 Å². The van der Waals surface area contributed by atoms with Crippen molar-refractivity contribution in [1.82, 2.24) is 5.32 Å². The topological polar surface area (TPSA) is 113 Å². The number of hydrogen-bond acceptors (Lipinski definition) is 4. The molecule has 1 atom stereocenters. The maximum Gasteiger partial charge on any atom is 0.469 e. The molecule has 7 nitrogen and oxygen atoms in total. The van der Waals surface area contributed by atoms with Gasteiger partial charge in [0.2, 0.25) is 5.91 Å². The first-order chi connectivity index (χ1) is 9.81. The van der Waals surface area contributed by atoms with Gasteiger partial charge >= 0.3 is 7.82 Å². The Balaban J connectivity index is 4.60. The Labute approximate surface area is 122 Å². The molecule has 0 fully saturated rings. The molecule has 0 saturated carbocycles. The van der Waals surface area contributed by atoms with Gasteiger partial charge in [-0.05, 0) is 23.7 Å². The van der Waals surface area contributed by atoms with Crippen LogP contribution < -0.4 is 5.32 Å². The fourth-order valence-electron chi connectivity index (χ4n) is 1.11. The number of phosphoric ester groups is 1. The first kappa shape index (κ1) is 18.9. The van der Waals surface area contributed by atoms with Gasteiger partial charge in [-0.3, -0.25) is 14.1 Å². The standard InChI is InChI=1S/C13H14NO6P/c1-3-5-6-7-8-11(12(15)4-2)13(16)14-9-10-20-21(17,18)19/h1,11H,4,9-10H2,2H3,(H,14,16)(H2,17,18,19). The second kappa shape index (κ2) is 9.77. The van der Waals surface area contributed by atoms with E-state index in [2.05, 4.69) is 33.5 Å². The van der Waals surface area contributed by atoms with Crippen molar-refractivity contribution in [2.24, 2.45) is 5.92 Å². The van der Waals surface area contributed by atoms with Crippen LogP contribution in [0.1, 0.15) is 13.3 Å². The number of Topliss-reactive ketones (excluding diaryl/α,β-unsaturated/α-hetero) is 1. The molecule has 0 spiro atoms. The fourth-order valence-corrected chi connectivity index (χ4v) is 1.44. The maximum absolute atomic E-state index is 11.8. The third kappa shape index (κ3) is 9.46. The Morgan fingerprint density at radius 3 is 2.52 bits per heavy atom. The van der Waals surface area contributed by atoms with Gasteiger partial charge < -0.3 is 15.1 Å². The minimum absolute atomic E-state index is 0.105. The highest BCUT2D eigenvalue weighted by atomic mass is 31.2. The van der Waals surface area contributed by atoms with E-state index < -0.39 is 32.0 Å². The first-order valence-corrected chi connectivity index (χ1v) is 7.31. The van der Waals surface area contributed by atoms with Gasteiger partial charge in [-0.15, -0.1) is 6.42 Å². The normalized spacial score (nSPS) is 11.0. The summed E-state index contributed by atoms with van der Waals surface area (Å²) in [7, 11) is -4.58. The molecule has 0 aliphatic heterocycles. The minimum atomic E-state index is -4.58. The molecule has 3 N–H and O–H groups in total. The van der Waals surface area contributed by atoms with E-state index in [1.165, 1.54) is 0 Å². The van der Waals surface area contributed by atoms with Crippen LogP contribution in [0.25, 0.3) is 0 Å². The van der Waals surface area contributed by atoms with Crippen molar-refractivity contribution in [1.29, 1.82) is 0 Å². The SMILES string of the molecule is C#CC#CC#CC(C(=O)CC)C(=O)NCCOP(=O)(O)O. The lowest BCUT2D eigenvalue weighted by molar-refractivity contribution is -0.131. The van der Waals surface area contributed by atoms with Crippen LogP contribution in [0.5, 0.6) is 0 Å². The molecule has 112 valence electrons. The third-order valence-electron chi connectivity index (χ3n) is 2.01. The largest absolute Gasteiger partial charge is 0.469 e. The molecule has 21 heavy (non-hydrogen) atoms. The molecule has 8 heteroatoms. The van der Waals surface area contributed by atoms with Crippen LogP contribution in [-0.4, -0.2) is 34.6 Å². The summed E-state index contributed by atoms with van der Waals surface area (Å²) in [5.41, 5.74) is 0. The number of rotatable bonds is 7. The summed E-state index contributed by atoms with van der Waals surface area (Å²) in [5, 5.41) is 2.29. The number of carbonyl (C=O) groups is 2. The van der Waals surface area contributed by atoms with Crippen LogP contribution in [-0.2, 0) is 18.7 Å². The van der Waals surface area contributed by atoms with Crippen LogP contribution in [0.2, 0.25) is 0 Å². The Hall–Kier alpha value is -2.07. The molecule has 0 aromatic carbocycles.